The summed E-state index contributed by atoms with van der Waals surface area (Å²) in [6.07, 6.45) is 1.49. The molecule has 0 saturated carbocycles. The van der Waals surface area contributed by atoms with Gasteiger partial charge in [-0.25, -0.2) is 8.42 Å². The van der Waals surface area contributed by atoms with Crippen LogP contribution in [-0.2, 0) is 15.6 Å². The molecule has 0 aliphatic heterocycles. The maximum Gasteiger partial charge on any atom is 0.247 e. The van der Waals surface area contributed by atoms with Gasteiger partial charge in [-0.2, -0.15) is 5.10 Å². The summed E-state index contributed by atoms with van der Waals surface area (Å²) in [7, 11) is -3.73. The minimum absolute atomic E-state index is 0.0254. The van der Waals surface area contributed by atoms with E-state index in [9.17, 15) is 8.42 Å². The third-order valence-electron chi connectivity index (χ3n) is 3.80. The van der Waals surface area contributed by atoms with Crippen LogP contribution >= 0.6 is 0 Å². The van der Waals surface area contributed by atoms with Gasteiger partial charge in [-0.05, 0) is 17.7 Å². The number of sulfone groups is 1. The Kier molecular flexibility index (Phi) is 4.10. The predicted octanol–water partition coefficient (Wildman–Crippen LogP) is 3.10. The Labute approximate surface area is 149 Å². The fraction of sp³-hybridized carbons (Fsp3) is 0.0556. The standard InChI is InChI=1S/C18H14N4O3S/c23-26(24,18-15(11-19-22-18)13-7-3-1-4-8-13)12-16-20-21-17(25-16)14-9-5-2-6-10-14/h1-11H,12H2,(H,19,22). The summed E-state index contributed by atoms with van der Waals surface area (Å²) in [6.45, 7) is 0. The van der Waals surface area contributed by atoms with E-state index in [0.717, 1.165) is 11.1 Å². The lowest BCUT2D eigenvalue weighted by atomic mass is 10.1. The molecular formula is C18H14N4O3S. The van der Waals surface area contributed by atoms with E-state index in [4.69, 9.17) is 4.42 Å². The van der Waals surface area contributed by atoms with Crippen LogP contribution < -0.4 is 0 Å². The minimum Gasteiger partial charge on any atom is -0.420 e. The van der Waals surface area contributed by atoms with Gasteiger partial charge in [0.05, 0.1) is 6.20 Å². The summed E-state index contributed by atoms with van der Waals surface area (Å²) in [5, 5.41) is 14.3. The zero-order valence-corrected chi connectivity index (χ0v) is 14.3. The van der Waals surface area contributed by atoms with Gasteiger partial charge in [0.2, 0.25) is 21.6 Å². The quantitative estimate of drug-likeness (QED) is 0.582. The van der Waals surface area contributed by atoms with E-state index in [1.807, 2.05) is 60.7 Å². The van der Waals surface area contributed by atoms with Gasteiger partial charge in [0.1, 0.15) is 5.75 Å². The van der Waals surface area contributed by atoms with Crippen LogP contribution in [0.1, 0.15) is 5.89 Å². The minimum atomic E-state index is -3.73. The second-order valence-corrected chi connectivity index (χ2v) is 7.53. The summed E-state index contributed by atoms with van der Waals surface area (Å²) in [6, 6.07) is 18.4. The average Bonchev–Trinajstić information content (AvgIpc) is 3.33. The van der Waals surface area contributed by atoms with Gasteiger partial charge in [0, 0.05) is 11.1 Å². The van der Waals surface area contributed by atoms with Crippen LogP contribution in [0.15, 0.2) is 76.3 Å². The van der Waals surface area contributed by atoms with Crippen LogP contribution in [0.25, 0.3) is 22.6 Å². The molecule has 130 valence electrons. The molecule has 4 rings (SSSR count). The van der Waals surface area contributed by atoms with Crippen molar-refractivity contribution in [3.05, 3.63) is 72.8 Å². The van der Waals surface area contributed by atoms with Crippen molar-refractivity contribution in [2.75, 3.05) is 0 Å². The van der Waals surface area contributed by atoms with Gasteiger partial charge in [-0.15, -0.1) is 10.2 Å². The molecule has 0 bridgehead atoms. The van der Waals surface area contributed by atoms with Gasteiger partial charge in [-0.3, -0.25) is 5.10 Å². The lowest BCUT2D eigenvalue weighted by molar-refractivity contribution is 0.517. The van der Waals surface area contributed by atoms with Crippen molar-refractivity contribution in [1.82, 2.24) is 20.4 Å². The Morgan fingerprint density at radius 2 is 1.54 bits per heavy atom. The molecule has 8 heteroatoms. The predicted molar refractivity (Wildman–Crippen MR) is 94.6 cm³/mol. The summed E-state index contributed by atoms with van der Waals surface area (Å²) < 4.78 is 31.1. The molecule has 1 N–H and O–H groups in total. The second-order valence-electron chi connectivity index (χ2n) is 5.60. The fourth-order valence-corrected chi connectivity index (χ4v) is 3.86. The largest absolute Gasteiger partial charge is 0.420 e. The van der Waals surface area contributed by atoms with Crippen LogP contribution in [0, 0.1) is 0 Å². The number of nitrogens with zero attached hydrogens (tertiary/aromatic N) is 3. The van der Waals surface area contributed by atoms with Crippen LogP contribution in [0.5, 0.6) is 0 Å². The molecule has 2 aromatic heterocycles. The Bertz CT molecular complexity index is 1120. The number of benzene rings is 2. The topological polar surface area (TPSA) is 102 Å². The molecule has 0 spiro atoms. The fourth-order valence-electron chi connectivity index (χ4n) is 2.58. The molecule has 0 unspecified atom stereocenters. The number of hydrogen-bond acceptors (Lipinski definition) is 6. The molecule has 0 amide bonds. The van der Waals surface area contributed by atoms with Gasteiger partial charge < -0.3 is 4.42 Å². The summed E-state index contributed by atoms with van der Waals surface area (Å²) in [5.74, 6) is -0.101. The van der Waals surface area contributed by atoms with Crippen molar-refractivity contribution in [3.63, 3.8) is 0 Å². The molecule has 0 saturated heterocycles. The van der Waals surface area contributed by atoms with E-state index in [0.29, 0.717) is 5.56 Å². The van der Waals surface area contributed by atoms with Crippen LogP contribution in [0.4, 0.5) is 0 Å². The molecule has 2 aromatic carbocycles. The Morgan fingerprint density at radius 3 is 2.23 bits per heavy atom. The maximum atomic E-state index is 12.8. The van der Waals surface area contributed by atoms with E-state index in [1.165, 1.54) is 6.20 Å². The third-order valence-corrected chi connectivity index (χ3v) is 5.36. The highest BCUT2D eigenvalue weighted by molar-refractivity contribution is 7.90. The number of aromatic amines is 1. The first kappa shape index (κ1) is 16.2. The Balaban J connectivity index is 1.64. The molecule has 0 aliphatic rings. The molecule has 26 heavy (non-hydrogen) atoms. The van der Waals surface area contributed by atoms with E-state index < -0.39 is 15.6 Å². The van der Waals surface area contributed by atoms with Crippen molar-refractivity contribution in [2.45, 2.75) is 10.8 Å². The molecule has 0 atom stereocenters. The first-order valence-electron chi connectivity index (χ1n) is 7.83. The van der Waals surface area contributed by atoms with Crippen LogP contribution in [-0.4, -0.2) is 28.8 Å². The van der Waals surface area contributed by atoms with Crippen molar-refractivity contribution in [2.24, 2.45) is 0 Å². The zero-order chi connectivity index (χ0) is 18.0. The molecule has 0 fully saturated rings. The van der Waals surface area contributed by atoms with Gasteiger partial charge in [0.25, 0.3) is 0 Å². The number of H-pyrrole nitrogens is 1. The van der Waals surface area contributed by atoms with E-state index in [-0.39, 0.29) is 16.8 Å². The van der Waals surface area contributed by atoms with E-state index >= 15 is 0 Å². The van der Waals surface area contributed by atoms with Crippen LogP contribution in [0.2, 0.25) is 0 Å². The number of rotatable bonds is 5. The number of aromatic nitrogens is 4. The van der Waals surface area contributed by atoms with E-state index in [1.54, 1.807) is 0 Å². The highest BCUT2D eigenvalue weighted by atomic mass is 32.2. The lowest BCUT2D eigenvalue weighted by Gasteiger charge is -2.03. The summed E-state index contributed by atoms with van der Waals surface area (Å²) >= 11 is 0. The van der Waals surface area contributed by atoms with Crippen molar-refractivity contribution in [1.29, 1.82) is 0 Å². The summed E-state index contributed by atoms with van der Waals surface area (Å²) in [5.41, 5.74) is 2.00. The summed E-state index contributed by atoms with van der Waals surface area (Å²) in [4.78, 5) is 0. The normalized spacial score (nSPS) is 11.5. The van der Waals surface area contributed by atoms with Gasteiger partial charge >= 0.3 is 0 Å². The van der Waals surface area contributed by atoms with Crippen molar-refractivity contribution >= 4 is 9.84 Å². The molecule has 2 heterocycles. The molecule has 4 aromatic rings. The first-order chi connectivity index (χ1) is 12.6. The highest BCUT2D eigenvalue weighted by Crippen LogP contribution is 2.27. The highest BCUT2D eigenvalue weighted by Gasteiger charge is 2.25. The smallest absolute Gasteiger partial charge is 0.247 e. The van der Waals surface area contributed by atoms with Crippen molar-refractivity contribution in [3.8, 4) is 22.6 Å². The van der Waals surface area contributed by atoms with E-state index in [2.05, 4.69) is 20.4 Å². The lowest BCUT2D eigenvalue weighted by Crippen LogP contribution is -2.07. The van der Waals surface area contributed by atoms with Crippen molar-refractivity contribution < 1.29 is 12.8 Å². The Morgan fingerprint density at radius 1 is 0.885 bits per heavy atom. The monoisotopic (exact) mass is 366 g/mol. The zero-order valence-electron chi connectivity index (χ0n) is 13.5. The average molecular weight is 366 g/mol. The second kappa shape index (κ2) is 6.57. The number of hydrogen-bond donors (Lipinski definition) is 1. The third kappa shape index (κ3) is 3.14. The van der Waals surface area contributed by atoms with Gasteiger partial charge in [-0.1, -0.05) is 48.5 Å². The molecular weight excluding hydrogens is 352 g/mol. The van der Waals surface area contributed by atoms with Crippen LogP contribution in [0.3, 0.4) is 0 Å². The van der Waals surface area contributed by atoms with Gasteiger partial charge in [0.15, 0.2) is 5.03 Å². The maximum absolute atomic E-state index is 12.8. The number of nitrogens with one attached hydrogen (secondary N) is 1. The molecule has 0 aliphatic carbocycles. The molecule has 7 nitrogen and oxygen atoms in total. The Hall–Kier alpha value is -3.26. The first-order valence-corrected chi connectivity index (χ1v) is 9.48. The molecule has 0 radical (unpaired) electrons. The SMILES string of the molecule is O=S(=O)(Cc1nnc(-c2ccccc2)o1)c1[nH]ncc1-c1ccccc1.